The summed E-state index contributed by atoms with van der Waals surface area (Å²) in [6.07, 6.45) is 5.56. The van der Waals surface area contributed by atoms with Crippen LogP contribution in [0.1, 0.15) is 38.6 Å². The lowest BCUT2D eigenvalue weighted by Gasteiger charge is -2.07. The molecule has 31 heavy (non-hydrogen) atoms. The Morgan fingerprint density at radius 1 is 1.06 bits per heavy atom. The number of carbonyl (C=O) groups is 1. The van der Waals surface area contributed by atoms with E-state index in [1.807, 2.05) is 30.3 Å². The Hall–Kier alpha value is -4.00. The molecule has 0 fully saturated rings. The second-order valence-corrected chi connectivity index (χ2v) is 7.08. The molecule has 0 radical (unpaired) electrons. The molecule has 2 aromatic heterocycles. The first kappa shape index (κ1) is 20.3. The van der Waals surface area contributed by atoms with Crippen molar-refractivity contribution < 1.29 is 18.7 Å². The summed E-state index contributed by atoms with van der Waals surface area (Å²) in [7, 11) is 0. The van der Waals surface area contributed by atoms with Gasteiger partial charge in [-0.05, 0) is 29.7 Å². The lowest BCUT2D eigenvalue weighted by atomic mass is 9.98. The number of allylic oxidation sites excluding steroid dienone is 1. The van der Waals surface area contributed by atoms with Crippen LogP contribution in [-0.2, 0) is 19.3 Å². The Morgan fingerprint density at radius 3 is 2.55 bits per heavy atom. The number of aliphatic hydroxyl groups excluding tert-OH is 1. The zero-order chi connectivity index (χ0) is 21.6. The molecule has 2 N–H and O–H groups in total. The van der Waals surface area contributed by atoms with Crippen LogP contribution in [-0.4, -0.2) is 26.1 Å². The van der Waals surface area contributed by atoms with Gasteiger partial charge >= 0.3 is 0 Å². The Balaban J connectivity index is 1.65. The number of ketones is 1. The van der Waals surface area contributed by atoms with Gasteiger partial charge in [-0.1, -0.05) is 42.5 Å². The van der Waals surface area contributed by atoms with Crippen LogP contribution >= 0.6 is 0 Å². The van der Waals surface area contributed by atoms with Crippen molar-refractivity contribution >= 4 is 11.5 Å². The standard InChI is InChI=1S/C24H20FN3O3/c25-19-9-6-17(7-10-19)12-18-14-31-22(11-8-16-4-2-1-3-5-16)23(18)20(29)13-21(30)24-26-15-27-28-24/h1-7,9-10,13-15,29H,8,11-12H2,(H,26,27,28). The molecule has 0 aliphatic heterocycles. The van der Waals surface area contributed by atoms with Gasteiger partial charge in [-0.15, -0.1) is 0 Å². The molecule has 0 unspecified atom stereocenters. The van der Waals surface area contributed by atoms with E-state index in [0.29, 0.717) is 36.1 Å². The maximum Gasteiger partial charge on any atom is 0.226 e. The van der Waals surface area contributed by atoms with Crippen molar-refractivity contribution in [2.45, 2.75) is 19.3 Å². The zero-order valence-electron chi connectivity index (χ0n) is 16.6. The van der Waals surface area contributed by atoms with Gasteiger partial charge in [0.1, 0.15) is 23.7 Å². The van der Waals surface area contributed by atoms with E-state index in [1.165, 1.54) is 18.5 Å². The van der Waals surface area contributed by atoms with Crippen molar-refractivity contribution in [3.05, 3.63) is 113 Å². The van der Waals surface area contributed by atoms with Crippen molar-refractivity contribution in [3.63, 3.8) is 0 Å². The maximum absolute atomic E-state index is 13.3. The van der Waals surface area contributed by atoms with E-state index in [1.54, 1.807) is 18.4 Å². The number of aromatic nitrogens is 3. The fourth-order valence-corrected chi connectivity index (χ4v) is 3.37. The molecule has 0 amide bonds. The first-order valence-corrected chi connectivity index (χ1v) is 9.78. The third-order valence-corrected chi connectivity index (χ3v) is 4.91. The minimum absolute atomic E-state index is 0.0287. The number of nitrogens with one attached hydrogen (secondary N) is 1. The van der Waals surface area contributed by atoms with E-state index < -0.39 is 5.78 Å². The second kappa shape index (κ2) is 9.21. The predicted octanol–water partition coefficient (Wildman–Crippen LogP) is 4.69. The van der Waals surface area contributed by atoms with Crippen molar-refractivity contribution in [2.75, 3.05) is 0 Å². The average Bonchev–Trinajstić information content (AvgIpc) is 3.45. The molecular formula is C24H20FN3O3. The summed E-state index contributed by atoms with van der Waals surface area (Å²) in [6.45, 7) is 0. The van der Waals surface area contributed by atoms with Gasteiger partial charge < -0.3 is 9.52 Å². The number of rotatable bonds is 8. The Labute approximate surface area is 178 Å². The van der Waals surface area contributed by atoms with Crippen molar-refractivity contribution in [2.24, 2.45) is 0 Å². The van der Waals surface area contributed by atoms with Gasteiger partial charge in [0.05, 0.1) is 11.8 Å². The summed E-state index contributed by atoms with van der Waals surface area (Å²) in [5, 5.41) is 17.0. The van der Waals surface area contributed by atoms with Gasteiger partial charge in [0.15, 0.2) is 5.82 Å². The number of furan rings is 1. The van der Waals surface area contributed by atoms with Crippen LogP contribution in [0, 0.1) is 5.82 Å². The number of halogens is 1. The summed E-state index contributed by atoms with van der Waals surface area (Å²) in [6, 6.07) is 16.0. The Bertz CT molecular complexity index is 1180. The molecule has 156 valence electrons. The second-order valence-electron chi connectivity index (χ2n) is 7.08. The fraction of sp³-hybridized carbons (Fsp3) is 0.125. The van der Waals surface area contributed by atoms with Crippen LogP contribution in [0.3, 0.4) is 0 Å². The highest BCUT2D eigenvalue weighted by Gasteiger charge is 2.20. The van der Waals surface area contributed by atoms with Crippen LogP contribution in [0.5, 0.6) is 0 Å². The predicted molar refractivity (Wildman–Crippen MR) is 113 cm³/mol. The molecule has 7 heteroatoms. The monoisotopic (exact) mass is 417 g/mol. The average molecular weight is 417 g/mol. The lowest BCUT2D eigenvalue weighted by molar-refractivity contribution is 0.103. The van der Waals surface area contributed by atoms with E-state index in [9.17, 15) is 14.3 Å². The molecular weight excluding hydrogens is 397 g/mol. The summed E-state index contributed by atoms with van der Waals surface area (Å²) in [5.41, 5.74) is 3.15. The van der Waals surface area contributed by atoms with E-state index in [0.717, 1.165) is 17.2 Å². The van der Waals surface area contributed by atoms with Gasteiger partial charge in [0.2, 0.25) is 5.78 Å². The number of benzene rings is 2. The van der Waals surface area contributed by atoms with Gasteiger partial charge in [-0.25, -0.2) is 9.37 Å². The topological polar surface area (TPSA) is 92.0 Å². The number of aliphatic hydroxyl groups is 1. The van der Waals surface area contributed by atoms with Crippen LogP contribution in [0.15, 0.2) is 77.7 Å². The number of carbonyl (C=O) groups excluding carboxylic acids is 1. The Morgan fingerprint density at radius 2 is 1.84 bits per heavy atom. The number of hydrogen-bond donors (Lipinski definition) is 2. The summed E-state index contributed by atoms with van der Waals surface area (Å²) < 4.78 is 19.0. The van der Waals surface area contributed by atoms with Crippen molar-refractivity contribution in [1.82, 2.24) is 15.2 Å². The normalized spacial score (nSPS) is 11.6. The van der Waals surface area contributed by atoms with E-state index >= 15 is 0 Å². The number of aromatic amines is 1. The zero-order valence-corrected chi connectivity index (χ0v) is 16.6. The smallest absolute Gasteiger partial charge is 0.226 e. The third-order valence-electron chi connectivity index (χ3n) is 4.91. The third kappa shape index (κ3) is 4.95. The van der Waals surface area contributed by atoms with Crippen molar-refractivity contribution in [1.29, 1.82) is 0 Å². The number of H-pyrrole nitrogens is 1. The van der Waals surface area contributed by atoms with Crippen molar-refractivity contribution in [3.8, 4) is 0 Å². The summed E-state index contributed by atoms with van der Waals surface area (Å²) >= 11 is 0. The number of hydrogen-bond acceptors (Lipinski definition) is 5. The van der Waals surface area contributed by atoms with Crippen LogP contribution in [0.4, 0.5) is 4.39 Å². The highest BCUT2D eigenvalue weighted by Crippen LogP contribution is 2.28. The van der Waals surface area contributed by atoms with Gasteiger partial charge in [-0.3, -0.25) is 9.89 Å². The number of aryl methyl sites for hydroxylation is 2. The molecule has 0 bridgehead atoms. The van der Waals surface area contributed by atoms with Crippen LogP contribution in [0.25, 0.3) is 5.76 Å². The summed E-state index contributed by atoms with van der Waals surface area (Å²) in [4.78, 5) is 16.2. The molecule has 2 heterocycles. The molecule has 0 atom stereocenters. The SMILES string of the molecule is O=C(C=C(O)c1c(Cc2ccc(F)cc2)coc1CCc1ccccc1)c1ncn[nH]1. The molecule has 2 aromatic carbocycles. The van der Waals surface area contributed by atoms with Gasteiger partial charge in [-0.2, -0.15) is 5.10 Å². The highest BCUT2D eigenvalue weighted by atomic mass is 19.1. The largest absolute Gasteiger partial charge is 0.507 e. The molecule has 4 aromatic rings. The highest BCUT2D eigenvalue weighted by molar-refractivity contribution is 6.05. The quantitative estimate of drug-likeness (QED) is 0.246. The molecule has 0 saturated heterocycles. The molecule has 4 rings (SSSR count). The van der Waals surface area contributed by atoms with E-state index in [2.05, 4.69) is 15.2 Å². The van der Waals surface area contributed by atoms with E-state index in [-0.39, 0.29) is 17.4 Å². The molecule has 6 nitrogen and oxygen atoms in total. The minimum Gasteiger partial charge on any atom is -0.507 e. The first-order chi connectivity index (χ1) is 15.1. The van der Waals surface area contributed by atoms with Crippen LogP contribution < -0.4 is 0 Å². The number of nitrogens with zero attached hydrogens (tertiary/aromatic N) is 2. The Kier molecular flexibility index (Phi) is 6.03. The molecule has 0 spiro atoms. The molecule has 0 aliphatic carbocycles. The van der Waals surface area contributed by atoms with Gasteiger partial charge in [0, 0.05) is 24.5 Å². The minimum atomic E-state index is -0.502. The molecule has 0 aliphatic rings. The summed E-state index contributed by atoms with van der Waals surface area (Å²) in [5.74, 6) is -0.436. The fourth-order valence-electron chi connectivity index (χ4n) is 3.37. The van der Waals surface area contributed by atoms with Crippen LogP contribution in [0.2, 0.25) is 0 Å². The van der Waals surface area contributed by atoms with Gasteiger partial charge in [0.25, 0.3) is 0 Å². The lowest BCUT2D eigenvalue weighted by Crippen LogP contribution is -2.02. The first-order valence-electron chi connectivity index (χ1n) is 9.78. The maximum atomic E-state index is 13.3. The molecule has 0 saturated carbocycles. The van der Waals surface area contributed by atoms with E-state index in [4.69, 9.17) is 4.42 Å².